The minimum atomic E-state index is 0.0257. The molecule has 0 aliphatic rings. The van der Waals surface area contributed by atoms with Crippen molar-refractivity contribution in [1.29, 1.82) is 0 Å². The number of para-hydroxylation sites is 3. The molecule has 0 aliphatic heterocycles. The SMILES string of the molecule is CC(C)(C)c1cccc(N(c2ccccc2)c2ccc3c(c2)sc2cc4c(ccc5c6cccc7c8ccc(N(c9ccccc9)c9cccc(C(C)(C)C)c9)cc8n(c45)c76)cc23)c1. The van der Waals surface area contributed by atoms with E-state index in [1.54, 1.807) is 0 Å². The van der Waals surface area contributed by atoms with Gasteiger partial charge in [0.15, 0.2) is 0 Å². The molecule has 0 radical (unpaired) electrons. The Morgan fingerprint density at radius 3 is 1.42 bits per heavy atom. The molecule has 0 unspecified atom stereocenters. The summed E-state index contributed by atoms with van der Waals surface area (Å²) in [5.41, 5.74) is 13.4. The molecule has 0 aliphatic carbocycles. The van der Waals surface area contributed by atoms with Crippen LogP contribution in [-0.2, 0) is 10.8 Å². The highest BCUT2D eigenvalue weighted by molar-refractivity contribution is 7.26. The van der Waals surface area contributed by atoms with Gasteiger partial charge in [-0.2, -0.15) is 0 Å². The van der Waals surface area contributed by atoms with Gasteiger partial charge < -0.3 is 14.2 Å². The maximum Gasteiger partial charge on any atom is 0.0620 e. The van der Waals surface area contributed by atoms with Crippen LogP contribution in [0.2, 0.25) is 0 Å². The standard InChI is InChI=1S/C60H49N3S/c1-59(2,3)39-16-13-22-43(33-39)61(41-18-9-7-10-19-41)45-27-30-47-49-24-15-25-50-51-29-26-38-32-53-48-31-28-46(36-55(48)64-56(53)37-52(38)58(51)63(57(49)50)54(47)35-45)62(42-20-11-8-12-21-42)44-23-14-17-40(34-44)60(4,5)6/h7-37H,1-6H3. The summed E-state index contributed by atoms with van der Waals surface area (Å²) in [6.45, 7) is 13.7. The van der Waals surface area contributed by atoms with Crippen molar-refractivity contribution in [1.82, 2.24) is 4.40 Å². The first-order valence-corrected chi connectivity index (χ1v) is 23.2. The fourth-order valence-corrected chi connectivity index (χ4v) is 11.2. The molecule has 3 aromatic heterocycles. The number of benzene rings is 9. The summed E-state index contributed by atoms with van der Waals surface area (Å²) < 4.78 is 5.15. The van der Waals surface area contributed by atoms with Crippen molar-refractivity contribution in [3.05, 3.63) is 199 Å². The van der Waals surface area contributed by atoms with E-state index in [1.165, 1.54) is 85.9 Å². The van der Waals surface area contributed by atoms with E-state index in [0.717, 1.165) is 28.4 Å². The highest BCUT2D eigenvalue weighted by atomic mass is 32.1. The van der Waals surface area contributed by atoms with E-state index in [0.29, 0.717) is 0 Å². The van der Waals surface area contributed by atoms with Gasteiger partial charge in [-0.05, 0) is 112 Å². The predicted molar refractivity (Wildman–Crippen MR) is 278 cm³/mol. The Morgan fingerprint density at radius 2 is 0.812 bits per heavy atom. The second kappa shape index (κ2) is 14.2. The first-order valence-electron chi connectivity index (χ1n) is 22.4. The van der Waals surface area contributed by atoms with Crippen LogP contribution in [0, 0.1) is 0 Å². The highest BCUT2D eigenvalue weighted by Gasteiger charge is 2.24. The number of fused-ring (bicyclic) bond motifs is 11. The van der Waals surface area contributed by atoms with Gasteiger partial charge >= 0.3 is 0 Å². The molecule has 0 saturated heterocycles. The normalized spacial score (nSPS) is 12.5. The third-order valence-corrected chi connectivity index (χ3v) is 14.5. The van der Waals surface area contributed by atoms with Gasteiger partial charge in [0.1, 0.15) is 0 Å². The number of anilines is 6. The third kappa shape index (κ3) is 6.07. The molecule has 0 amide bonds. The summed E-state index contributed by atoms with van der Waals surface area (Å²) in [5, 5.41) is 10.3. The molecule has 0 N–H and O–H groups in total. The molecular formula is C60H49N3S. The van der Waals surface area contributed by atoms with Crippen molar-refractivity contribution in [2.75, 3.05) is 9.80 Å². The zero-order valence-electron chi connectivity index (χ0n) is 37.1. The number of hydrogen-bond acceptors (Lipinski definition) is 3. The van der Waals surface area contributed by atoms with Gasteiger partial charge in [0.05, 0.1) is 16.6 Å². The van der Waals surface area contributed by atoms with Crippen molar-refractivity contribution in [2.24, 2.45) is 0 Å². The lowest BCUT2D eigenvalue weighted by molar-refractivity contribution is 0.590. The Kier molecular flexibility index (Phi) is 8.54. The minimum absolute atomic E-state index is 0.0257. The molecule has 310 valence electrons. The van der Waals surface area contributed by atoms with Gasteiger partial charge in [-0.25, -0.2) is 0 Å². The Morgan fingerprint density at radius 1 is 0.344 bits per heavy atom. The topological polar surface area (TPSA) is 10.9 Å². The van der Waals surface area contributed by atoms with Crippen LogP contribution < -0.4 is 9.80 Å². The summed E-state index contributed by atoms with van der Waals surface area (Å²) >= 11 is 1.90. The Bertz CT molecular complexity index is 3750. The van der Waals surface area contributed by atoms with Gasteiger partial charge in [-0.1, -0.05) is 145 Å². The minimum Gasteiger partial charge on any atom is -0.310 e. The molecule has 0 atom stereocenters. The van der Waals surface area contributed by atoms with Crippen molar-refractivity contribution in [2.45, 2.75) is 52.4 Å². The third-order valence-electron chi connectivity index (χ3n) is 13.3. The summed E-state index contributed by atoms with van der Waals surface area (Å²) in [4.78, 5) is 4.81. The molecular weight excluding hydrogens is 795 g/mol. The first-order chi connectivity index (χ1) is 31.0. The molecule has 0 fully saturated rings. The molecule has 0 spiro atoms. The van der Waals surface area contributed by atoms with E-state index in [9.17, 15) is 0 Å². The molecule has 3 heterocycles. The second-order valence-electron chi connectivity index (χ2n) is 19.5. The Hall–Kier alpha value is -7.14. The number of nitrogens with zero attached hydrogens (tertiary/aromatic N) is 3. The van der Waals surface area contributed by atoms with Crippen LogP contribution in [0.1, 0.15) is 52.7 Å². The molecule has 64 heavy (non-hydrogen) atoms. The zero-order chi connectivity index (χ0) is 43.5. The van der Waals surface area contributed by atoms with E-state index < -0.39 is 0 Å². The Balaban J connectivity index is 1.06. The maximum atomic E-state index is 2.57. The van der Waals surface area contributed by atoms with Gasteiger partial charge in [0.25, 0.3) is 0 Å². The summed E-state index contributed by atoms with van der Waals surface area (Å²) in [7, 11) is 0. The summed E-state index contributed by atoms with van der Waals surface area (Å²) in [6.07, 6.45) is 0. The first kappa shape index (κ1) is 38.5. The molecule has 12 rings (SSSR count). The number of rotatable bonds is 6. The highest BCUT2D eigenvalue weighted by Crippen LogP contribution is 2.47. The van der Waals surface area contributed by atoms with E-state index in [4.69, 9.17) is 0 Å². The number of aromatic nitrogens is 1. The van der Waals surface area contributed by atoms with Crippen molar-refractivity contribution in [3.63, 3.8) is 0 Å². The lowest BCUT2D eigenvalue weighted by Crippen LogP contribution is -2.14. The lowest BCUT2D eigenvalue weighted by atomic mass is 9.87. The average Bonchev–Trinajstić information content (AvgIpc) is 3.95. The Labute approximate surface area is 378 Å². The summed E-state index contributed by atoms with van der Waals surface area (Å²) in [6, 6.07) is 70.1. The maximum absolute atomic E-state index is 2.57. The van der Waals surface area contributed by atoms with Crippen LogP contribution >= 0.6 is 11.3 Å². The number of hydrogen-bond donors (Lipinski definition) is 0. The second-order valence-corrected chi connectivity index (χ2v) is 20.6. The largest absolute Gasteiger partial charge is 0.310 e. The number of thiophene rings is 1. The smallest absolute Gasteiger partial charge is 0.0620 e. The lowest BCUT2D eigenvalue weighted by Gasteiger charge is -2.28. The van der Waals surface area contributed by atoms with Crippen LogP contribution in [0.15, 0.2) is 188 Å². The fraction of sp³-hybridized carbons (Fsp3) is 0.133. The average molecular weight is 844 g/mol. The molecule has 9 aromatic carbocycles. The van der Waals surface area contributed by atoms with Crippen molar-refractivity contribution >= 4 is 115 Å². The van der Waals surface area contributed by atoms with Gasteiger partial charge in [0.2, 0.25) is 0 Å². The van der Waals surface area contributed by atoms with Crippen LogP contribution in [0.25, 0.3) is 69.0 Å². The molecule has 3 nitrogen and oxygen atoms in total. The monoisotopic (exact) mass is 843 g/mol. The summed E-state index contributed by atoms with van der Waals surface area (Å²) in [5.74, 6) is 0. The van der Waals surface area contributed by atoms with Crippen LogP contribution in [0.5, 0.6) is 0 Å². The quantitative estimate of drug-likeness (QED) is 0.165. The van der Waals surface area contributed by atoms with Gasteiger partial charge in [-0.15, -0.1) is 11.3 Å². The van der Waals surface area contributed by atoms with Gasteiger partial charge in [0, 0.05) is 81.2 Å². The fourth-order valence-electron chi connectivity index (χ4n) is 10.1. The van der Waals surface area contributed by atoms with Crippen molar-refractivity contribution in [3.8, 4) is 0 Å². The molecule has 0 saturated carbocycles. The van der Waals surface area contributed by atoms with Crippen LogP contribution in [-0.4, -0.2) is 4.40 Å². The van der Waals surface area contributed by atoms with Crippen molar-refractivity contribution < 1.29 is 0 Å². The van der Waals surface area contributed by atoms with Crippen LogP contribution in [0.3, 0.4) is 0 Å². The zero-order valence-corrected chi connectivity index (χ0v) is 38.0. The van der Waals surface area contributed by atoms with E-state index in [2.05, 4.69) is 244 Å². The molecule has 12 aromatic rings. The van der Waals surface area contributed by atoms with E-state index in [1.807, 2.05) is 11.3 Å². The van der Waals surface area contributed by atoms with E-state index in [-0.39, 0.29) is 10.8 Å². The van der Waals surface area contributed by atoms with Crippen LogP contribution in [0.4, 0.5) is 34.1 Å². The predicted octanol–water partition coefficient (Wildman–Crippen LogP) is 17.9. The molecule has 0 bridgehead atoms. The molecule has 4 heteroatoms. The van der Waals surface area contributed by atoms with E-state index >= 15 is 0 Å². The van der Waals surface area contributed by atoms with Gasteiger partial charge in [-0.3, -0.25) is 0 Å².